The molecule has 0 spiro atoms. The summed E-state index contributed by atoms with van der Waals surface area (Å²) in [6.45, 7) is 3.99. The molecule has 0 aliphatic heterocycles. The first kappa shape index (κ1) is 14.1. The molecule has 3 nitrogen and oxygen atoms in total. The van der Waals surface area contributed by atoms with Crippen molar-refractivity contribution >= 4 is 5.97 Å². The number of benzene rings is 2. The maximum Gasteiger partial charge on any atom is 0.307 e. The number of rotatable bonds is 5. The standard InChI is InChI=1S/C17H18O3/c1-12(2)20-16-9-7-15(8-10-16)14-5-3-13(4-6-14)11-17(18)19/h3-10,12H,11H2,1-2H3,(H,18,19). The van der Waals surface area contributed by atoms with Crippen molar-refractivity contribution in [3.05, 3.63) is 54.1 Å². The highest BCUT2D eigenvalue weighted by Crippen LogP contribution is 2.23. The fraction of sp³-hybridized carbons (Fsp3) is 0.235. The van der Waals surface area contributed by atoms with Crippen LogP contribution in [0.3, 0.4) is 0 Å². The Balaban J connectivity index is 2.13. The van der Waals surface area contributed by atoms with Crippen LogP contribution in [0.1, 0.15) is 19.4 Å². The fourth-order valence-electron chi connectivity index (χ4n) is 1.99. The van der Waals surface area contributed by atoms with Crippen molar-refractivity contribution in [3.8, 4) is 16.9 Å². The second-order valence-electron chi connectivity index (χ2n) is 4.96. The van der Waals surface area contributed by atoms with Crippen LogP contribution >= 0.6 is 0 Å². The lowest BCUT2D eigenvalue weighted by molar-refractivity contribution is -0.136. The minimum Gasteiger partial charge on any atom is -0.491 e. The molecule has 2 aromatic carbocycles. The molecule has 0 radical (unpaired) electrons. The number of hydrogen-bond acceptors (Lipinski definition) is 2. The van der Waals surface area contributed by atoms with E-state index in [2.05, 4.69) is 0 Å². The first-order chi connectivity index (χ1) is 9.54. The van der Waals surface area contributed by atoms with Gasteiger partial charge in [0, 0.05) is 0 Å². The van der Waals surface area contributed by atoms with Gasteiger partial charge in [-0.05, 0) is 42.7 Å². The summed E-state index contributed by atoms with van der Waals surface area (Å²) in [5.74, 6) is 0.0409. The third-order valence-corrected chi connectivity index (χ3v) is 2.87. The molecule has 0 aliphatic carbocycles. The molecule has 1 N–H and O–H groups in total. The van der Waals surface area contributed by atoms with E-state index in [1.807, 2.05) is 62.4 Å². The van der Waals surface area contributed by atoms with E-state index in [0.29, 0.717) is 0 Å². The molecule has 0 heterocycles. The smallest absolute Gasteiger partial charge is 0.307 e. The highest BCUT2D eigenvalue weighted by atomic mass is 16.5. The van der Waals surface area contributed by atoms with Gasteiger partial charge in [0.2, 0.25) is 0 Å². The Morgan fingerprint density at radius 1 is 1.00 bits per heavy atom. The first-order valence-corrected chi connectivity index (χ1v) is 6.62. The lowest BCUT2D eigenvalue weighted by Gasteiger charge is -2.10. The van der Waals surface area contributed by atoms with Gasteiger partial charge in [-0.2, -0.15) is 0 Å². The van der Waals surface area contributed by atoms with Gasteiger partial charge < -0.3 is 9.84 Å². The minimum absolute atomic E-state index is 0.0570. The van der Waals surface area contributed by atoms with Crippen LogP contribution in [0.5, 0.6) is 5.75 Å². The molecule has 0 atom stereocenters. The van der Waals surface area contributed by atoms with Crippen molar-refractivity contribution < 1.29 is 14.6 Å². The number of aliphatic carboxylic acids is 1. The quantitative estimate of drug-likeness (QED) is 0.899. The lowest BCUT2D eigenvalue weighted by atomic mass is 10.0. The van der Waals surface area contributed by atoms with E-state index in [9.17, 15) is 4.79 Å². The molecule has 2 aromatic rings. The summed E-state index contributed by atoms with van der Waals surface area (Å²) in [5, 5.41) is 8.74. The topological polar surface area (TPSA) is 46.5 Å². The summed E-state index contributed by atoms with van der Waals surface area (Å²) >= 11 is 0. The van der Waals surface area contributed by atoms with Crippen molar-refractivity contribution in [1.29, 1.82) is 0 Å². The molecular weight excluding hydrogens is 252 g/mol. The fourth-order valence-corrected chi connectivity index (χ4v) is 1.99. The zero-order chi connectivity index (χ0) is 14.5. The Kier molecular flexibility index (Phi) is 4.41. The number of ether oxygens (including phenoxy) is 1. The Labute approximate surface area is 118 Å². The molecule has 0 aromatic heterocycles. The number of carboxylic acids is 1. The van der Waals surface area contributed by atoms with Crippen LogP contribution < -0.4 is 4.74 Å². The van der Waals surface area contributed by atoms with Gasteiger partial charge in [0.25, 0.3) is 0 Å². The minimum atomic E-state index is -0.812. The molecule has 0 aliphatic rings. The third kappa shape index (κ3) is 3.85. The average molecular weight is 270 g/mol. The number of carbonyl (C=O) groups is 1. The van der Waals surface area contributed by atoms with E-state index in [1.54, 1.807) is 0 Å². The molecule has 0 bridgehead atoms. The molecule has 3 heteroatoms. The molecular formula is C17H18O3. The second-order valence-corrected chi connectivity index (χ2v) is 4.96. The van der Waals surface area contributed by atoms with Crippen molar-refractivity contribution in [2.45, 2.75) is 26.4 Å². The third-order valence-electron chi connectivity index (χ3n) is 2.87. The van der Waals surface area contributed by atoms with Gasteiger partial charge in [0.15, 0.2) is 0 Å². The molecule has 104 valence electrons. The van der Waals surface area contributed by atoms with Gasteiger partial charge >= 0.3 is 5.97 Å². The van der Waals surface area contributed by atoms with Gasteiger partial charge in [-0.3, -0.25) is 4.79 Å². The Bertz CT molecular complexity index is 568. The summed E-state index contributed by atoms with van der Waals surface area (Å²) in [5.41, 5.74) is 2.96. The van der Waals surface area contributed by atoms with Gasteiger partial charge in [0.05, 0.1) is 12.5 Å². The van der Waals surface area contributed by atoms with E-state index in [1.165, 1.54) is 0 Å². The van der Waals surface area contributed by atoms with Crippen LogP contribution in [0.4, 0.5) is 0 Å². The van der Waals surface area contributed by atoms with Crippen LogP contribution in [0.15, 0.2) is 48.5 Å². The second kappa shape index (κ2) is 6.24. The zero-order valence-corrected chi connectivity index (χ0v) is 11.7. The molecule has 0 saturated heterocycles. The Morgan fingerprint density at radius 2 is 1.50 bits per heavy atom. The predicted molar refractivity (Wildman–Crippen MR) is 79.0 cm³/mol. The van der Waals surface area contributed by atoms with E-state index in [4.69, 9.17) is 9.84 Å². The summed E-state index contributed by atoms with van der Waals surface area (Å²) in [6.07, 6.45) is 0.220. The monoisotopic (exact) mass is 270 g/mol. The number of hydrogen-bond donors (Lipinski definition) is 1. The van der Waals surface area contributed by atoms with Gasteiger partial charge in [0.1, 0.15) is 5.75 Å². The van der Waals surface area contributed by atoms with Crippen molar-refractivity contribution in [1.82, 2.24) is 0 Å². The van der Waals surface area contributed by atoms with Crippen molar-refractivity contribution in [2.75, 3.05) is 0 Å². The van der Waals surface area contributed by atoms with E-state index in [-0.39, 0.29) is 12.5 Å². The average Bonchev–Trinajstić information content (AvgIpc) is 2.39. The summed E-state index contributed by atoms with van der Waals surface area (Å²) in [6, 6.07) is 15.5. The van der Waals surface area contributed by atoms with E-state index >= 15 is 0 Å². The maximum atomic E-state index is 10.6. The highest BCUT2D eigenvalue weighted by molar-refractivity contribution is 5.71. The molecule has 0 fully saturated rings. The van der Waals surface area contributed by atoms with Gasteiger partial charge in [-0.25, -0.2) is 0 Å². The van der Waals surface area contributed by atoms with Crippen LogP contribution in [0, 0.1) is 0 Å². The van der Waals surface area contributed by atoms with Gasteiger partial charge in [-0.15, -0.1) is 0 Å². The molecule has 20 heavy (non-hydrogen) atoms. The molecule has 0 saturated carbocycles. The zero-order valence-electron chi connectivity index (χ0n) is 11.7. The van der Waals surface area contributed by atoms with Crippen LogP contribution in [-0.4, -0.2) is 17.2 Å². The highest BCUT2D eigenvalue weighted by Gasteiger charge is 2.03. The Morgan fingerprint density at radius 3 is 1.95 bits per heavy atom. The molecule has 0 amide bonds. The lowest BCUT2D eigenvalue weighted by Crippen LogP contribution is -2.05. The van der Waals surface area contributed by atoms with Gasteiger partial charge in [-0.1, -0.05) is 36.4 Å². The summed E-state index contributed by atoms with van der Waals surface area (Å²) in [7, 11) is 0. The van der Waals surface area contributed by atoms with E-state index < -0.39 is 5.97 Å². The summed E-state index contributed by atoms with van der Waals surface area (Å²) < 4.78 is 5.60. The molecule has 0 unspecified atom stereocenters. The van der Waals surface area contributed by atoms with E-state index in [0.717, 1.165) is 22.4 Å². The first-order valence-electron chi connectivity index (χ1n) is 6.62. The SMILES string of the molecule is CC(C)Oc1ccc(-c2ccc(CC(=O)O)cc2)cc1. The largest absolute Gasteiger partial charge is 0.491 e. The van der Waals surface area contributed by atoms with Crippen molar-refractivity contribution in [2.24, 2.45) is 0 Å². The molecule has 2 rings (SSSR count). The Hall–Kier alpha value is -2.29. The van der Waals surface area contributed by atoms with Crippen molar-refractivity contribution in [3.63, 3.8) is 0 Å². The summed E-state index contributed by atoms with van der Waals surface area (Å²) in [4.78, 5) is 10.6. The normalized spacial score (nSPS) is 10.6. The maximum absolute atomic E-state index is 10.6. The number of carboxylic acid groups (broad SMARTS) is 1. The predicted octanol–water partition coefficient (Wildman–Crippen LogP) is 3.77. The van der Waals surface area contributed by atoms with Crippen LogP contribution in [-0.2, 0) is 11.2 Å². The van der Waals surface area contributed by atoms with Crippen LogP contribution in [0.25, 0.3) is 11.1 Å². The van der Waals surface area contributed by atoms with Crippen LogP contribution in [0.2, 0.25) is 0 Å².